The average Bonchev–Trinajstić information content (AvgIpc) is 2.36. The molecule has 4 heteroatoms. The molecule has 2 aromatic carbocycles. The summed E-state index contributed by atoms with van der Waals surface area (Å²) in [6.45, 7) is 1.84. The highest BCUT2D eigenvalue weighted by atomic mass is 127. The van der Waals surface area contributed by atoms with E-state index in [9.17, 15) is 9.50 Å². The Morgan fingerprint density at radius 2 is 2.00 bits per heavy atom. The molecule has 0 aliphatic heterocycles. The monoisotopic (exact) mass is 390 g/mol. The van der Waals surface area contributed by atoms with E-state index in [1.807, 2.05) is 19.1 Å². The summed E-state index contributed by atoms with van der Waals surface area (Å²) in [5.74, 6) is -0.256. The number of aryl methyl sites for hydroxylation is 1. The van der Waals surface area contributed by atoms with Crippen molar-refractivity contribution in [1.82, 2.24) is 0 Å². The third kappa shape index (κ3) is 3.68. The first-order valence-electron chi connectivity index (χ1n) is 5.85. The van der Waals surface area contributed by atoms with Gasteiger partial charge in [-0.3, -0.25) is 0 Å². The number of halogens is 3. The highest BCUT2D eigenvalue weighted by Crippen LogP contribution is 2.26. The zero-order valence-electron chi connectivity index (χ0n) is 10.3. The third-order valence-corrected chi connectivity index (χ3v) is 4.62. The van der Waals surface area contributed by atoms with Gasteiger partial charge in [0.15, 0.2) is 0 Å². The Kier molecular flexibility index (Phi) is 4.81. The second kappa shape index (κ2) is 6.20. The van der Waals surface area contributed by atoms with Crippen molar-refractivity contribution in [2.24, 2.45) is 0 Å². The molecule has 1 nitrogen and oxygen atoms in total. The Labute approximate surface area is 130 Å². The maximum absolute atomic E-state index is 13.0. The van der Waals surface area contributed by atoms with E-state index in [-0.39, 0.29) is 5.82 Å². The summed E-state index contributed by atoms with van der Waals surface area (Å²) < 4.78 is 14.0. The van der Waals surface area contributed by atoms with Gasteiger partial charge in [0.1, 0.15) is 5.82 Å². The van der Waals surface area contributed by atoms with Gasteiger partial charge in [-0.1, -0.05) is 23.7 Å². The number of rotatable bonds is 3. The lowest BCUT2D eigenvalue weighted by Crippen LogP contribution is -2.03. The van der Waals surface area contributed by atoms with Gasteiger partial charge in [0.2, 0.25) is 0 Å². The minimum atomic E-state index is -0.640. The molecule has 0 aliphatic carbocycles. The molecule has 0 bridgehead atoms. The summed E-state index contributed by atoms with van der Waals surface area (Å²) in [5.41, 5.74) is 2.55. The summed E-state index contributed by atoms with van der Waals surface area (Å²) in [4.78, 5) is 0. The first kappa shape index (κ1) is 14.8. The zero-order chi connectivity index (χ0) is 14.0. The Morgan fingerprint density at radius 3 is 2.63 bits per heavy atom. The minimum absolute atomic E-state index is 0.256. The van der Waals surface area contributed by atoms with Crippen molar-refractivity contribution < 1.29 is 9.50 Å². The third-order valence-electron chi connectivity index (χ3n) is 3.05. The summed E-state index contributed by atoms with van der Waals surface area (Å²) in [5, 5.41) is 10.9. The molecule has 1 N–H and O–H groups in total. The molecule has 0 spiro atoms. The van der Waals surface area contributed by atoms with Gasteiger partial charge in [-0.15, -0.1) is 0 Å². The lowest BCUT2D eigenvalue weighted by atomic mass is 9.98. The SMILES string of the molecule is Cc1cc(F)ccc1CC(O)c1ccc(I)c(Cl)c1. The molecule has 0 fully saturated rings. The zero-order valence-corrected chi connectivity index (χ0v) is 13.2. The van der Waals surface area contributed by atoms with Crippen LogP contribution in [0, 0.1) is 16.3 Å². The fourth-order valence-electron chi connectivity index (χ4n) is 1.93. The van der Waals surface area contributed by atoms with E-state index >= 15 is 0 Å². The van der Waals surface area contributed by atoms with Crippen molar-refractivity contribution in [2.45, 2.75) is 19.4 Å². The summed E-state index contributed by atoms with van der Waals surface area (Å²) >= 11 is 8.19. The molecule has 0 radical (unpaired) electrons. The maximum Gasteiger partial charge on any atom is 0.123 e. The van der Waals surface area contributed by atoms with Crippen molar-refractivity contribution in [3.63, 3.8) is 0 Å². The van der Waals surface area contributed by atoms with Crippen LogP contribution in [0.1, 0.15) is 22.8 Å². The van der Waals surface area contributed by atoms with Crippen molar-refractivity contribution in [3.8, 4) is 0 Å². The fourth-order valence-corrected chi connectivity index (χ4v) is 2.46. The van der Waals surface area contributed by atoms with Crippen LogP contribution in [0.4, 0.5) is 4.39 Å². The first-order valence-corrected chi connectivity index (χ1v) is 7.31. The number of hydrogen-bond donors (Lipinski definition) is 1. The second-order valence-corrected chi connectivity index (χ2v) is 6.03. The lowest BCUT2D eigenvalue weighted by molar-refractivity contribution is 0.178. The first-order chi connectivity index (χ1) is 8.97. The van der Waals surface area contributed by atoms with E-state index in [0.29, 0.717) is 11.4 Å². The molecular formula is C15H13ClFIO. The molecule has 2 aromatic rings. The van der Waals surface area contributed by atoms with Gasteiger partial charge in [0.05, 0.1) is 11.1 Å². The summed E-state index contributed by atoms with van der Waals surface area (Å²) in [7, 11) is 0. The van der Waals surface area contributed by atoms with Crippen LogP contribution in [-0.2, 0) is 6.42 Å². The van der Waals surface area contributed by atoms with Crippen molar-refractivity contribution in [1.29, 1.82) is 0 Å². The van der Waals surface area contributed by atoms with Gasteiger partial charge < -0.3 is 5.11 Å². The van der Waals surface area contributed by atoms with Crippen LogP contribution in [0.25, 0.3) is 0 Å². The molecule has 0 saturated heterocycles. The standard InChI is InChI=1S/C15H13ClFIO/c1-9-6-12(17)4-2-10(9)8-15(19)11-3-5-14(18)13(16)7-11/h2-7,15,19H,8H2,1H3. The highest BCUT2D eigenvalue weighted by molar-refractivity contribution is 14.1. The van der Waals surface area contributed by atoms with E-state index in [4.69, 9.17) is 11.6 Å². The van der Waals surface area contributed by atoms with Gasteiger partial charge in [-0.25, -0.2) is 4.39 Å². The largest absolute Gasteiger partial charge is 0.388 e. The van der Waals surface area contributed by atoms with Crippen LogP contribution < -0.4 is 0 Å². The normalized spacial score (nSPS) is 12.5. The van der Waals surface area contributed by atoms with Gasteiger partial charge >= 0.3 is 0 Å². The van der Waals surface area contributed by atoms with E-state index in [1.54, 1.807) is 12.1 Å². The van der Waals surface area contributed by atoms with Crippen LogP contribution in [0.2, 0.25) is 5.02 Å². The lowest BCUT2D eigenvalue weighted by Gasteiger charge is -2.13. The quantitative estimate of drug-likeness (QED) is 0.755. The van der Waals surface area contributed by atoms with E-state index in [1.165, 1.54) is 12.1 Å². The topological polar surface area (TPSA) is 20.2 Å². The van der Waals surface area contributed by atoms with E-state index < -0.39 is 6.10 Å². The maximum atomic E-state index is 13.0. The van der Waals surface area contributed by atoms with Crippen LogP contribution in [0.3, 0.4) is 0 Å². The van der Waals surface area contributed by atoms with Gasteiger partial charge in [0, 0.05) is 9.99 Å². The molecule has 2 rings (SSSR count). The Morgan fingerprint density at radius 1 is 1.26 bits per heavy atom. The van der Waals surface area contributed by atoms with E-state index in [2.05, 4.69) is 22.6 Å². The molecular weight excluding hydrogens is 378 g/mol. The average molecular weight is 391 g/mol. The van der Waals surface area contributed by atoms with Crippen LogP contribution in [-0.4, -0.2) is 5.11 Å². The predicted molar refractivity (Wildman–Crippen MR) is 84.0 cm³/mol. The van der Waals surface area contributed by atoms with Crippen molar-refractivity contribution in [3.05, 3.63) is 67.5 Å². The Bertz CT molecular complexity index is 601. The molecule has 1 unspecified atom stereocenters. The molecule has 0 heterocycles. The van der Waals surface area contributed by atoms with Crippen molar-refractivity contribution in [2.75, 3.05) is 0 Å². The van der Waals surface area contributed by atoms with Gasteiger partial charge in [0.25, 0.3) is 0 Å². The van der Waals surface area contributed by atoms with Crippen LogP contribution in [0.15, 0.2) is 36.4 Å². The summed E-state index contributed by atoms with van der Waals surface area (Å²) in [6, 6.07) is 10.1. The molecule has 0 aromatic heterocycles. The van der Waals surface area contributed by atoms with Crippen LogP contribution in [0.5, 0.6) is 0 Å². The minimum Gasteiger partial charge on any atom is -0.388 e. The predicted octanol–water partition coefficient (Wildman–Crippen LogP) is 4.67. The molecule has 100 valence electrons. The molecule has 1 atom stereocenters. The fraction of sp³-hybridized carbons (Fsp3) is 0.200. The Balaban J connectivity index is 2.20. The molecule has 0 aliphatic rings. The number of benzene rings is 2. The smallest absolute Gasteiger partial charge is 0.123 e. The Hall–Kier alpha value is -0.650. The second-order valence-electron chi connectivity index (χ2n) is 4.46. The number of aliphatic hydroxyl groups excluding tert-OH is 1. The number of hydrogen-bond acceptors (Lipinski definition) is 1. The van der Waals surface area contributed by atoms with Gasteiger partial charge in [-0.05, 0) is 70.5 Å². The summed E-state index contributed by atoms with van der Waals surface area (Å²) in [6.07, 6.45) is -0.193. The van der Waals surface area contributed by atoms with Crippen LogP contribution >= 0.6 is 34.2 Å². The van der Waals surface area contributed by atoms with E-state index in [0.717, 1.165) is 20.3 Å². The molecule has 19 heavy (non-hydrogen) atoms. The van der Waals surface area contributed by atoms with Crippen molar-refractivity contribution >= 4 is 34.2 Å². The molecule has 0 amide bonds. The van der Waals surface area contributed by atoms with Gasteiger partial charge in [-0.2, -0.15) is 0 Å². The highest BCUT2D eigenvalue weighted by Gasteiger charge is 2.12. The number of aliphatic hydroxyl groups is 1. The molecule has 0 saturated carbocycles.